The lowest BCUT2D eigenvalue weighted by Crippen LogP contribution is -2.12. The van der Waals surface area contributed by atoms with Crippen molar-refractivity contribution in [3.05, 3.63) is 63.1 Å². The first kappa shape index (κ1) is 14.6. The largest absolute Gasteiger partial charge is 0.478 e. The number of amides is 1. The Hall–Kier alpha value is -1.85. The maximum absolute atomic E-state index is 12.0. The molecular weight excluding hydrogens is 346 g/mol. The van der Waals surface area contributed by atoms with Crippen molar-refractivity contribution >= 4 is 45.1 Å². The summed E-state index contributed by atoms with van der Waals surface area (Å²) in [6.07, 6.45) is 0. The molecule has 2 N–H and O–H groups in total. The molecule has 0 saturated carbocycles. The Morgan fingerprint density at radius 1 is 1.05 bits per heavy atom. The number of halogens is 2. The molecule has 0 heterocycles. The molecular formula is C14H9BrClNO3. The van der Waals surface area contributed by atoms with E-state index in [1.165, 1.54) is 18.2 Å². The van der Waals surface area contributed by atoms with Crippen LogP contribution < -0.4 is 5.32 Å². The number of carbonyl (C=O) groups is 2. The number of carboxylic acids is 1. The van der Waals surface area contributed by atoms with E-state index in [0.717, 1.165) is 0 Å². The number of aromatic carboxylic acids is 1. The summed E-state index contributed by atoms with van der Waals surface area (Å²) in [6.45, 7) is 0. The topological polar surface area (TPSA) is 66.4 Å². The molecule has 102 valence electrons. The van der Waals surface area contributed by atoms with Gasteiger partial charge in [0.05, 0.1) is 11.3 Å². The predicted octanol–water partition coefficient (Wildman–Crippen LogP) is 4.05. The van der Waals surface area contributed by atoms with E-state index in [4.69, 9.17) is 16.7 Å². The van der Waals surface area contributed by atoms with Gasteiger partial charge in [-0.15, -0.1) is 0 Å². The zero-order valence-corrected chi connectivity index (χ0v) is 12.4. The van der Waals surface area contributed by atoms with Gasteiger partial charge in [0.15, 0.2) is 0 Å². The van der Waals surface area contributed by atoms with Crippen molar-refractivity contribution in [2.24, 2.45) is 0 Å². The van der Waals surface area contributed by atoms with Crippen LogP contribution in [0.5, 0.6) is 0 Å². The van der Waals surface area contributed by atoms with E-state index in [2.05, 4.69) is 21.2 Å². The number of carbonyl (C=O) groups excluding carboxylic acids is 1. The zero-order valence-electron chi connectivity index (χ0n) is 10.1. The minimum atomic E-state index is -1.03. The second-order valence-corrected chi connectivity index (χ2v) is 5.25. The Morgan fingerprint density at radius 3 is 2.20 bits per heavy atom. The second-order valence-electron chi connectivity index (χ2n) is 3.96. The highest BCUT2D eigenvalue weighted by Gasteiger charge is 2.10. The van der Waals surface area contributed by atoms with Gasteiger partial charge in [0.1, 0.15) is 0 Å². The summed E-state index contributed by atoms with van der Waals surface area (Å²) in [6, 6.07) is 10.8. The smallest absolute Gasteiger partial charge is 0.335 e. The van der Waals surface area contributed by atoms with Gasteiger partial charge in [-0.3, -0.25) is 4.79 Å². The minimum absolute atomic E-state index is 0.140. The highest BCUT2D eigenvalue weighted by atomic mass is 79.9. The average Bonchev–Trinajstić information content (AvgIpc) is 2.41. The van der Waals surface area contributed by atoms with Crippen molar-refractivity contribution in [3.63, 3.8) is 0 Å². The van der Waals surface area contributed by atoms with Crippen molar-refractivity contribution in [2.75, 3.05) is 5.32 Å². The average molecular weight is 355 g/mol. The van der Waals surface area contributed by atoms with Crippen molar-refractivity contribution < 1.29 is 14.7 Å². The molecule has 2 aromatic rings. The van der Waals surface area contributed by atoms with E-state index in [9.17, 15) is 9.59 Å². The summed E-state index contributed by atoms with van der Waals surface area (Å²) in [7, 11) is 0. The van der Waals surface area contributed by atoms with Gasteiger partial charge in [-0.05, 0) is 58.4 Å². The molecule has 1 amide bonds. The van der Waals surface area contributed by atoms with Crippen LogP contribution >= 0.6 is 27.5 Å². The van der Waals surface area contributed by atoms with Crippen molar-refractivity contribution in [1.29, 1.82) is 0 Å². The lowest BCUT2D eigenvalue weighted by Gasteiger charge is -2.08. The van der Waals surface area contributed by atoms with E-state index >= 15 is 0 Å². The minimum Gasteiger partial charge on any atom is -0.478 e. The van der Waals surface area contributed by atoms with E-state index in [1.54, 1.807) is 24.3 Å². The first-order valence-electron chi connectivity index (χ1n) is 5.57. The summed E-state index contributed by atoms with van der Waals surface area (Å²) >= 11 is 8.98. The third kappa shape index (κ3) is 3.37. The number of anilines is 1. The summed E-state index contributed by atoms with van der Waals surface area (Å²) < 4.78 is 0.500. The van der Waals surface area contributed by atoms with Crippen LogP contribution in [0.2, 0.25) is 5.02 Å². The van der Waals surface area contributed by atoms with E-state index in [-0.39, 0.29) is 11.5 Å². The van der Waals surface area contributed by atoms with Crippen LogP contribution in [0.15, 0.2) is 46.9 Å². The van der Waals surface area contributed by atoms with Crippen molar-refractivity contribution in [3.8, 4) is 0 Å². The number of nitrogens with one attached hydrogen (secondary N) is 1. The summed E-state index contributed by atoms with van der Waals surface area (Å²) in [5, 5.41) is 12.1. The van der Waals surface area contributed by atoms with Gasteiger partial charge in [-0.2, -0.15) is 0 Å². The third-order valence-corrected chi connectivity index (χ3v) is 3.48. The van der Waals surface area contributed by atoms with Gasteiger partial charge in [0.2, 0.25) is 0 Å². The Balaban J connectivity index is 2.19. The number of benzene rings is 2. The molecule has 0 radical (unpaired) electrons. The lowest BCUT2D eigenvalue weighted by molar-refractivity contribution is 0.0696. The monoisotopic (exact) mass is 353 g/mol. The zero-order chi connectivity index (χ0) is 14.7. The molecule has 0 unspecified atom stereocenters. The Bertz CT molecular complexity index is 671. The molecule has 20 heavy (non-hydrogen) atoms. The molecule has 6 heteroatoms. The molecule has 0 saturated heterocycles. The molecule has 4 nitrogen and oxygen atoms in total. The molecule has 0 atom stereocenters. The maximum Gasteiger partial charge on any atom is 0.335 e. The predicted molar refractivity (Wildman–Crippen MR) is 80.5 cm³/mol. The van der Waals surface area contributed by atoms with Crippen molar-refractivity contribution in [2.45, 2.75) is 0 Å². The number of carboxylic acid groups (broad SMARTS) is 1. The second kappa shape index (κ2) is 6.07. The molecule has 2 aromatic carbocycles. The van der Waals surface area contributed by atoms with E-state index < -0.39 is 5.97 Å². The normalized spacial score (nSPS) is 10.1. The Labute approximate surface area is 128 Å². The summed E-state index contributed by atoms with van der Waals surface area (Å²) in [4.78, 5) is 22.8. The quantitative estimate of drug-likeness (QED) is 0.874. The van der Waals surface area contributed by atoms with Crippen LogP contribution in [0, 0.1) is 0 Å². The van der Waals surface area contributed by atoms with Gasteiger partial charge in [-0.1, -0.05) is 11.6 Å². The van der Waals surface area contributed by atoms with Gasteiger partial charge in [-0.25, -0.2) is 4.79 Å². The first-order valence-corrected chi connectivity index (χ1v) is 6.74. The van der Waals surface area contributed by atoms with Gasteiger partial charge in [0.25, 0.3) is 5.91 Å². The molecule has 0 aliphatic heterocycles. The molecule has 0 fully saturated rings. The van der Waals surface area contributed by atoms with Gasteiger partial charge >= 0.3 is 5.97 Å². The molecule has 0 aliphatic rings. The summed E-state index contributed by atoms with van der Waals surface area (Å²) in [5.41, 5.74) is 1.10. The van der Waals surface area contributed by atoms with Crippen molar-refractivity contribution in [1.82, 2.24) is 0 Å². The van der Waals surface area contributed by atoms with Gasteiger partial charge < -0.3 is 10.4 Å². The number of hydrogen-bond acceptors (Lipinski definition) is 2. The number of hydrogen-bond donors (Lipinski definition) is 2. The highest BCUT2D eigenvalue weighted by Crippen LogP contribution is 2.24. The third-order valence-electron chi connectivity index (χ3n) is 2.57. The Kier molecular flexibility index (Phi) is 4.42. The van der Waals surface area contributed by atoms with Crippen LogP contribution in [-0.2, 0) is 0 Å². The van der Waals surface area contributed by atoms with E-state index in [0.29, 0.717) is 20.7 Å². The maximum atomic E-state index is 12.0. The fraction of sp³-hybridized carbons (Fsp3) is 0. The SMILES string of the molecule is O=C(O)c1ccc(NC(=O)c2ccc(Cl)cc2)c(Br)c1. The molecule has 2 rings (SSSR count). The first-order chi connectivity index (χ1) is 9.47. The molecule has 0 spiro atoms. The summed E-state index contributed by atoms with van der Waals surface area (Å²) in [5.74, 6) is -1.33. The highest BCUT2D eigenvalue weighted by molar-refractivity contribution is 9.10. The van der Waals surface area contributed by atoms with Crippen LogP contribution in [-0.4, -0.2) is 17.0 Å². The molecule has 0 bridgehead atoms. The Morgan fingerprint density at radius 2 is 1.65 bits per heavy atom. The standard InChI is InChI=1S/C14H9BrClNO3/c15-11-7-9(14(19)20)3-6-12(11)17-13(18)8-1-4-10(16)5-2-8/h1-7H,(H,17,18)(H,19,20). The number of rotatable bonds is 3. The van der Waals surface area contributed by atoms with Crippen LogP contribution in [0.3, 0.4) is 0 Å². The molecule has 0 aromatic heterocycles. The van der Waals surface area contributed by atoms with Gasteiger partial charge in [0, 0.05) is 15.1 Å². The molecule has 0 aliphatic carbocycles. The van der Waals surface area contributed by atoms with E-state index in [1.807, 2.05) is 0 Å². The lowest BCUT2D eigenvalue weighted by atomic mass is 10.2. The van der Waals surface area contributed by atoms with Crippen LogP contribution in [0.4, 0.5) is 5.69 Å². The van der Waals surface area contributed by atoms with Crippen LogP contribution in [0.1, 0.15) is 20.7 Å². The fourth-order valence-corrected chi connectivity index (χ4v) is 2.15. The fourth-order valence-electron chi connectivity index (χ4n) is 1.55. The van der Waals surface area contributed by atoms with Crippen LogP contribution in [0.25, 0.3) is 0 Å².